The number of nitrogens with one attached hydrogen (secondary N) is 1. The summed E-state index contributed by atoms with van der Waals surface area (Å²) in [5.41, 5.74) is 0.539. The van der Waals surface area contributed by atoms with Gasteiger partial charge in [0.05, 0.1) is 6.04 Å². The van der Waals surface area contributed by atoms with E-state index < -0.39 is 18.1 Å². The molecule has 21 heavy (non-hydrogen) atoms. The Bertz CT molecular complexity index is 500. The lowest BCUT2D eigenvalue weighted by Crippen LogP contribution is -2.50. The van der Waals surface area contributed by atoms with E-state index in [1.165, 1.54) is 4.90 Å². The van der Waals surface area contributed by atoms with Crippen LogP contribution in [-0.2, 0) is 4.79 Å². The normalized spacial score (nSPS) is 16.9. The summed E-state index contributed by atoms with van der Waals surface area (Å²) in [4.78, 5) is 25.6. The number of aliphatic hydroxyl groups excluding tert-OH is 1. The lowest BCUT2D eigenvalue weighted by Gasteiger charge is -2.28. The minimum absolute atomic E-state index is 0.211. The fourth-order valence-electron chi connectivity index (χ4n) is 2.07. The molecule has 0 bridgehead atoms. The van der Waals surface area contributed by atoms with Crippen molar-refractivity contribution >= 4 is 11.8 Å². The molecule has 2 amide bonds. The van der Waals surface area contributed by atoms with Crippen LogP contribution in [0.3, 0.4) is 0 Å². The fraction of sp³-hybridized carbons (Fsp3) is 0.500. The van der Waals surface area contributed by atoms with Crippen molar-refractivity contribution < 1.29 is 14.7 Å². The van der Waals surface area contributed by atoms with E-state index in [0.29, 0.717) is 18.0 Å². The number of carbonyl (C=O) groups is 2. The second-order valence-corrected chi connectivity index (χ2v) is 5.66. The van der Waals surface area contributed by atoms with Gasteiger partial charge in [0, 0.05) is 19.2 Å². The van der Waals surface area contributed by atoms with Gasteiger partial charge in [-0.15, -0.1) is 0 Å². The Labute approximate surface area is 125 Å². The maximum Gasteiger partial charge on any atom is 0.253 e. The lowest BCUT2D eigenvalue weighted by atomic mass is 10.1. The van der Waals surface area contributed by atoms with Gasteiger partial charge >= 0.3 is 0 Å². The molecule has 0 aliphatic heterocycles. The molecule has 2 rings (SSSR count). The maximum atomic E-state index is 12.3. The van der Waals surface area contributed by atoms with Crippen LogP contribution >= 0.6 is 0 Å². The predicted molar refractivity (Wildman–Crippen MR) is 79.7 cm³/mol. The van der Waals surface area contributed by atoms with Crippen molar-refractivity contribution in [1.82, 2.24) is 10.2 Å². The van der Waals surface area contributed by atoms with Crippen LogP contribution in [0.2, 0.25) is 0 Å². The van der Waals surface area contributed by atoms with Crippen LogP contribution in [0.5, 0.6) is 0 Å². The third kappa shape index (κ3) is 4.04. The van der Waals surface area contributed by atoms with Gasteiger partial charge in [0.25, 0.3) is 11.8 Å². The van der Waals surface area contributed by atoms with E-state index in [-0.39, 0.29) is 5.91 Å². The van der Waals surface area contributed by atoms with Gasteiger partial charge in [-0.25, -0.2) is 0 Å². The summed E-state index contributed by atoms with van der Waals surface area (Å²) < 4.78 is 0. The Balaban J connectivity index is 1.92. The Morgan fingerprint density at radius 3 is 2.52 bits per heavy atom. The third-order valence-corrected chi connectivity index (χ3v) is 3.94. The van der Waals surface area contributed by atoms with Gasteiger partial charge in [0.2, 0.25) is 0 Å². The second kappa shape index (κ2) is 6.72. The van der Waals surface area contributed by atoms with Gasteiger partial charge in [-0.3, -0.25) is 9.59 Å². The van der Waals surface area contributed by atoms with E-state index in [1.807, 2.05) is 6.07 Å². The second-order valence-electron chi connectivity index (χ2n) is 5.66. The molecule has 0 spiro atoms. The molecule has 1 aliphatic carbocycles. The van der Waals surface area contributed by atoms with Gasteiger partial charge in [-0.05, 0) is 37.8 Å². The average Bonchev–Trinajstić information content (AvgIpc) is 3.34. The van der Waals surface area contributed by atoms with Crippen LogP contribution in [0.1, 0.15) is 30.1 Å². The molecule has 1 fully saturated rings. The van der Waals surface area contributed by atoms with Crippen molar-refractivity contribution in [2.45, 2.75) is 31.9 Å². The molecule has 5 heteroatoms. The highest BCUT2D eigenvalue weighted by Gasteiger charge is 2.30. The third-order valence-electron chi connectivity index (χ3n) is 3.94. The molecular weight excluding hydrogens is 268 g/mol. The number of amides is 2. The molecule has 0 saturated heterocycles. The average molecular weight is 290 g/mol. The molecule has 0 aromatic heterocycles. The van der Waals surface area contributed by atoms with E-state index in [2.05, 4.69) is 5.32 Å². The fourth-order valence-corrected chi connectivity index (χ4v) is 2.07. The number of hydrogen-bond acceptors (Lipinski definition) is 3. The molecule has 114 valence electrons. The number of carbonyl (C=O) groups excluding carboxylic acids is 2. The largest absolute Gasteiger partial charge is 0.381 e. The first kappa shape index (κ1) is 15.5. The van der Waals surface area contributed by atoms with Gasteiger partial charge in [-0.1, -0.05) is 18.2 Å². The van der Waals surface area contributed by atoms with Gasteiger partial charge in [-0.2, -0.15) is 0 Å². The standard InChI is InChI=1S/C16H22N2O3/c1-11(14(19)15(20)17-10-12-8-9-12)18(2)16(21)13-6-4-3-5-7-13/h3-7,11-12,14,19H,8-10H2,1-2H3,(H,17,20). The number of benzene rings is 1. The van der Waals surface area contributed by atoms with Crippen LogP contribution in [0, 0.1) is 5.92 Å². The highest BCUT2D eigenvalue weighted by atomic mass is 16.3. The summed E-state index contributed by atoms with van der Waals surface area (Å²) in [7, 11) is 1.59. The molecule has 0 heterocycles. The van der Waals surface area contributed by atoms with Crippen LogP contribution in [0.15, 0.2) is 30.3 Å². The number of aliphatic hydroxyl groups is 1. The molecule has 2 atom stereocenters. The van der Waals surface area contributed by atoms with E-state index in [1.54, 1.807) is 38.2 Å². The van der Waals surface area contributed by atoms with Crippen LogP contribution in [0.4, 0.5) is 0 Å². The summed E-state index contributed by atoms with van der Waals surface area (Å²) in [5, 5.41) is 12.8. The smallest absolute Gasteiger partial charge is 0.253 e. The Kier molecular flexibility index (Phi) is 4.96. The van der Waals surface area contributed by atoms with Crippen LogP contribution < -0.4 is 5.32 Å². The number of nitrogens with zero attached hydrogens (tertiary/aromatic N) is 1. The van der Waals surface area contributed by atoms with Crippen molar-refractivity contribution in [3.05, 3.63) is 35.9 Å². The van der Waals surface area contributed by atoms with Crippen molar-refractivity contribution in [3.8, 4) is 0 Å². The summed E-state index contributed by atoms with van der Waals surface area (Å²) in [6.45, 7) is 2.28. The zero-order chi connectivity index (χ0) is 15.4. The molecular formula is C16H22N2O3. The molecule has 0 radical (unpaired) electrons. The maximum absolute atomic E-state index is 12.3. The van der Waals surface area contributed by atoms with Gasteiger partial charge in [0.15, 0.2) is 6.10 Å². The minimum atomic E-state index is -1.22. The molecule has 2 N–H and O–H groups in total. The van der Waals surface area contributed by atoms with Crippen molar-refractivity contribution in [1.29, 1.82) is 0 Å². The molecule has 1 aromatic carbocycles. The van der Waals surface area contributed by atoms with E-state index in [9.17, 15) is 14.7 Å². The topological polar surface area (TPSA) is 69.6 Å². The SMILES string of the molecule is CC(C(O)C(=O)NCC1CC1)N(C)C(=O)c1ccccc1. The summed E-state index contributed by atoms with van der Waals surface area (Å²) in [5.74, 6) is -0.0700. The van der Waals surface area contributed by atoms with Crippen molar-refractivity contribution in [2.24, 2.45) is 5.92 Å². The van der Waals surface area contributed by atoms with E-state index in [4.69, 9.17) is 0 Å². The molecule has 1 saturated carbocycles. The van der Waals surface area contributed by atoms with Crippen LogP contribution in [-0.4, -0.2) is 47.6 Å². The Morgan fingerprint density at radius 2 is 1.95 bits per heavy atom. The molecule has 2 unspecified atom stereocenters. The zero-order valence-electron chi connectivity index (χ0n) is 12.5. The minimum Gasteiger partial charge on any atom is -0.381 e. The quantitative estimate of drug-likeness (QED) is 0.822. The van der Waals surface area contributed by atoms with Crippen molar-refractivity contribution in [3.63, 3.8) is 0 Å². The Morgan fingerprint density at radius 1 is 1.33 bits per heavy atom. The number of hydrogen-bond donors (Lipinski definition) is 2. The first-order chi connectivity index (χ1) is 10.0. The predicted octanol–water partition coefficient (Wildman–Crippen LogP) is 1.03. The lowest BCUT2D eigenvalue weighted by molar-refractivity contribution is -0.131. The van der Waals surface area contributed by atoms with Crippen molar-refractivity contribution in [2.75, 3.05) is 13.6 Å². The summed E-state index contributed by atoms with van der Waals surface area (Å²) in [6, 6.07) is 8.24. The Hall–Kier alpha value is -1.88. The van der Waals surface area contributed by atoms with Gasteiger partial charge in [0.1, 0.15) is 0 Å². The molecule has 5 nitrogen and oxygen atoms in total. The van der Waals surface area contributed by atoms with E-state index >= 15 is 0 Å². The molecule has 1 aliphatic rings. The number of likely N-dealkylation sites (N-methyl/N-ethyl adjacent to an activating group) is 1. The first-order valence-corrected chi connectivity index (χ1v) is 7.28. The highest BCUT2D eigenvalue weighted by molar-refractivity contribution is 5.94. The summed E-state index contributed by atoms with van der Waals surface area (Å²) >= 11 is 0. The monoisotopic (exact) mass is 290 g/mol. The first-order valence-electron chi connectivity index (χ1n) is 7.28. The van der Waals surface area contributed by atoms with Crippen LogP contribution in [0.25, 0.3) is 0 Å². The zero-order valence-corrected chi connectivity index (χ0v) is 12.5. The van der Waals surface area contributed by atoms with E-state index in [0.717, 1.165) is 12.8 Å². The highest BCUT2D eigenvalue weighted by Crippen LogP contribution is 2.27. The summed E-state index contributed by atoms with van der Waals surface area (Å²) in [6.07, 6.45) is 1.05. The number of rotatable bonds is 6. The molecule has 1 aromatic rings. The van der Waals surface area contributed by atoms with Gasteiger partial charge < -0.3 is 15.3 Å².